The molecule has 0 aliphatic carbocycles. The Hall–Kier alpha value is -1.46. The van der Waals surface area contributed by atoms with E-state index in [9.17, 15) is 0 Å². The van der Waals surface area contributed by atoms with Gasteiger partial charge in [-0.2, -0.15) is 0 Å². The first-order valence-corrected chi connectivity index (χ1v) is 5.99. The zero-order chi connectivity index (χ0) is 12.4. The Kier molecular flexibility index (Phi) is 3.40. The lowest BCUT2D eigenvalue weighted by Crippen LogP contribution is -2.10. The molecule has 3 N–H and O–H groups in total. The number of aryl methyl sites for hydroxylation is 1. The molecule has 2 aromatic rings. The molecule has 1 aromatic heterocycles. The maximum absolute atomic E-state index is 7.31. The van der Waals surface area contributed by atoms with Crippen LogP contribution in [0.15, 0.2) is 39.0 Å². The molecule has 1 aromatic carbocycles. The zero-order valence-electron chi connectivity index (χ0n) is 9.03. The second kappa shape index (κ2) is 4.81. The van der Waals surface area contributed by atoms with Crippen molar-refractivity contribution in [1.82, 2.24) is 4.98 Å². The van der Waals surface area contributed by atoms with E-state index in [4.69, 9.17) is 27.2 Å². The van der Waals surface area contributed by atoms with Gasteiger partial charge in [0.15, 0.2) is 0 Å². The smallest absolute Gasteiger partial charge is 0.260 e. The van der Waals surface area contributed by atoms with E-state index in [0.29, 0.717) is 15.8 Å². The largest absolute Gasteiger partial charge is 0.439 e. The first kappa shape index (κ1) is 12.0. The summed E-state index contributed by atoms with van der Waals surface area (Å²) in [7, 11) is 0. The molecule has 2 rings (SSSR count). The van der Waals surface area contributed by atoms with Crippen LogP contribution in [0, 0.1) is 12.3 Å². The average molecular weight is 268 g/mol. The van der Waals surface area contributed by atoms with Crippen molar-refractivity contribution in [1.29, 1.82) is 5.41 Å². The van der Waals surface area contributed by atoms with Gasteiger partial charge in [0, 0.05) is 10.5 Å². The van der Waals surface area contributed by atoms with Crippen molar-refractivity contribution < 1.29 is 4.42 Å². The maximum atomic E-state index is 7.31. The molecule has 88 valence electrons. The molecule has 0 radical (unpaired) electrons. The number of benzene rings is 1. The summed E-state index contributed by atoms with van der Waals surface area (Å²) >= 11 is 7.42. The molecule has 0 atom stereocenters. The molecular formula is C11H10ClN3OS. The van der Waals surface area contributed by atoms with Gasteiger partial charge in [0.25, 0.3) is 5.22 Å². The summed E-state index contributed by atoms with van der Waals surface area (Å²) in [6, 6.07) is 5.19. The molecule has 0 aliphatic rings. The average Bonchev–Trinajstić information content (AvgIpc) is 2.67. The monoisotopic (exact) mass is 267 g/mol. The highest BCUT2D eigenvalue weighted by Crippen LogP contribution is 2.33. The van der Waals surface area contributed by atoms with Crippen LogP contribution in [-0.4, -0.2) is 10.8 Å². The Bertz CT molecular complexity index is 568. The number of aromatic nitrogens is 1. The Labute approximate surface area is 108 Å². The normalized spacial score (nSPS) is 10.5. The van der Waals surface area contributed by atoms with Crippen LogP contribution in [0.1, 0.15) is 11.3 Å². The quantitative estimate of drug-likeness (QED) is 0.662. The highest BCUT2D eigenvalue weighted by Gasteiger charge is 2.08. The van der Waals surface area contributed by atoms with E-state index in [2.05, 4.69) is 4.98 Å². The SMILES string of the molecule is Cc1coc(Sc2ccc(C(=N)N)cc2Cl)n1. The van der Waals surface area contributed by atoms with E-state index in [1.54, 1.807) is 24.5 Å². The van der Waals surface area contributed by atoms with Gasteiger partial charge in [-0.05, 0) is 30.8 Å². The fourth-order valence-corrected chi connectivity index (χ4v) is 2.29. The van der Waals surface area contributed by atoms with Gasteiger partial charge in [-0.15, -0.1) is 0 Å². The minimum atomic E-state index is -0.00424. The molecule has 0 bridgehead atoms. The number of nitrogens with two attached hydrogens (primary N) is 1. The van der Waals surface area contributed by atoms with Gasteiger partial charge in [0.2, 0.25) is 0 Å². The van der Waals surface area contributed by atoms with Gasteiger partial charge in [-0.25, -0.2) is 4.98 Å². The number of amidine groups is 1. The zero-order valence-corrected chi connectivity index (χ0v) is 10.6. The third-order valence-electron chi connectivity index (χ3n) is 2.04. The molecule has 0 saturated carbocycles. The van der Waals surface area contributed by atoms with E-state index in [1.165, 1.54) is 11.8 Å². The molecule has 0 aliphatic heterocycles. The molecular weight excluding hydrogens is 258 g/mol. The Morgan fingerprint density at radius 3 is 2.82 bits per heavy atom. The van der Waals surface area contributed by atoms with Gasteiger partial charge in [0.05, 0.1) is 10.7 Å². The minimum Gasteiger partial charge on any atom is -0.439 e. The van der Waals surface area contributed by atoms with E-state index in [-0.39, 0.29) is 5.84 Å². The summed E-state index contributed by atoms with van der Waals surface area (Å²) in [5, 5.41) is 8.38. The number of rotatable bonds is 3. The first-order valence-electron chi connectivity index (χ1n) is 4.80. The van der Waals surface area contributed by atoms with Crippen LogP contribution in [0.4, 0.5) is 0 Å². The molecule has 6 heteroatoms. The fourth-order valence-electron chi connectivity index (χ4n) is 1.22. The minimum absolute atomic E-state index is 0.00424. The fraction of sp³-hybridized carbons (Fsp3) is 0.0909. The summed E-state index contributed by atoms with van der Waals surface area (Å²) < 4.78 is 5.23. The van der Waals surface area contributed by atoms with Gasteiger partial charge in [0.1, 0.15) is 12.1 Å². The maximum Gasteiger partial charge on any atom is 0.260 e. The lowest BCUT2D eigenvalue weighted by molar-refractivity contribution is 0.454. The Morgan fingerprint density at radius 2 is 2.29 bits per heavy atom. The number of nitrogens with zero attached hydrogens (tertiary/aromatic N) is 1. The molecule has 17 heavy (non-hydrogen) atoms. The standard InChI is InChI=1S/C11H10ClN3OS/c1-6-5-16-11(15-6)17-9-3-2-7(10(13)14)4-8(9)12/h2-5H,1H3,(H3,13,14). The summed E-state index contributed by atoms with van der Waals surface area (Å²) in [5.74, 6) is -0.00424. The number of hydrogen-bond donors (Lipinski definition) is 2. The molecule has 1 heterocycles. The molecule has 0 spiro atoms. The van der Waals surface area contributed by atoms with Crippen molar-refractivity contribution in [3.05, 3.63) is 40.7 Å². The van der Waals surface area contributed by atoms with Gasteiger partial charge in [-0.3, -0.25) is 5.41 Å². The van der Waals surface area contributed by atoms with E-state index in [1.807, 2.05) is 6.92 Å². The number of nitrogen functional groups attached to an aromatic ring is 1. The summed E-state index contributed by atoms with van der Waals surface area (Å²) in [6.07, 6.45) is 1.58. The van der Waals surface area contributed by atoms with Gasteiger partial charge < -0.3 is 10.2 Å². The number of nitrogens with one attached hydrogen (secondary N) is 1. The molecule has 0 fully saturated rings. The number of oxazole rings is 1. The molecule has 0 amide bonds. The third kappa shape index (κ3) is 2.81. The van der Waals surface area contributed by atoms with E-state index in [0.717, 1.165) is 10.6 Å². The van der Waals surface area contributed by atoms with Gasteiger partial charge >= 0.3 is 0 Å². The molecule has 0 saturated heterocycles. The van der Waals surface area contributed by atoms with Crippen LogP contribution < -0.4 is 5.73 Å². The Morgan fingerprint density at radius 1 is 1.53 bits per heavy atom. The van der Waals surface area contributed by atoms with Crippen molar-refractivity contribution in [2.75, 3.05) is 0 Å². The highest BCUT2D eigenvalue weighted by molar-refractivity contribution is 7.99. The van der Waals surface area contributed by atoms with Crippen LogP contribution in [-0.2, 0) is 0 Å². The van der Waals surface area contributed by atoms with Crippen molar-refractivity contribution >= 4 is 29.2 Å². The van der Waals surface area contributed by atoms with Crippen LogP contribution in [0.5, 0.6) is 0 Å². The van der Waals surface area contributed by atoms with Crippen LogP contribution in [0.25, 0.3) is 0 Å². The number of halogens is 1. The first-order chi connectivity index (χ1) is 8.06. The Balaban J connectivity index is 2.25. The summed E-state index contributed by atoms with van der Waals surface area (Å²) in [4.78, 5) is 4.99. The predicted octanol–water partition coefficient (Wildman–Crippen LogP) is 3.07. The lowest BCUT2D eigenvalue weighted by atomic mass is 10.2. The van der Waals surface area contributed by atoms with Crippen molar-refractivity contribution in [3.63, 3.8) is 0 Å². The third-order valence-corrected chi connectivity index (χ3v) is 3.40. The van der Waals surface area contributed by atoms with Gasteiger partial charge in [-0.1, -0.05) is 17.7 Å². The van der Waals surface area contributed by atoms with Crippen LogP contribution in [0.3, 0.4) is 0 Å². The molecule has 4 nitrogen and oxygen atoms in total. The summed E-state index contributed by atoms with van der Waals surface area (Å²) in [5.41, 5.74) is 6.80. The second-order valence-electron chi connectivity index (χ2n) is 3.42. The number of hydrogen-bond acceptors (Lipinski definition) is 4. The van der Waals surface area contributed by atoms with E-state index >= 15 is 0 Å². The van der Waals surface area contributed by atoms with E-state index < -0.39 is 0 Å². The van der Waals surface area contributed by atoms with Crippen LogP contribution >= 0.6 is 23.4 Å². The summed E-state index contributed by atoms with van der Waals surface area (Å²) in [6.45, 7) is 1.86. The van der Waals surface area contributed by atoms with Crippen molar-refractivity contribution in [2.24, 2.45) is 5.73 Å². The van der Waals surface area contributed by atoms with Crippen molar-refractivity contribution in [3.8, 4) is 0 Å². The topological polar surface area (TPSA) is 75.9 Å². The molecule has 0 unspecified atom stereocenters. The lowest BCUT2D eigenvalue weighted by Gasteiger charge is -2.03. The van der Waals surface area contributed by atoms with Crippen LogP contribution in [0.2, 0.25) is 5.02 Å². The second-order valence-corrected chi connectivity index (χ2v) is 4.82. The highest BCUT2D eigenvalue weighted by atomic mass is 35.5. The predicted molar refractivity (Wildman–Crippen MR) is 67.8 cm³/mol. The van der Waals surface area contributed by atoms with Crippen molar-refractivity contribution in [2.45, 2.75) is 17.0 Å².